The molecule has 0 radical (unpaired) electrons. The highest BCUT2D eigenvalue weighted by molar-refractivity contribution is 6.31. The monoisotopic (exact) mass is 333 g/mol. The topological polar surface area (TPSA) is 54.5 Å². The number of rotatable bonds is 6. The number of nitrogens with zero attached hydrogens (tertiary/aromatic N) is 2. The summed E-state index contributed by atoms with van der Waals surface area (Å²) in [6.45, 7) is 5.83. The fraction of sp³-hybridized carbons (Fsp3) is 0.294. The summed E-state index contributed by atoms with van der Waals surface area (Å²) < 4.78 is 5.24. The summed E-state index contributed by atoms with van der Waals surface area (Å²) in [4.78, 5) is 18.8. The Morgan fingerprint density at radius 1 is 1.26 bits per heavy atom. The van der Waals surface area contributed by atoms with Crippen LogP contribution in [-0.4, -0.2) is 31.1 Å². The predicted molar refractivity (Wildman–Crippen MR) is 93.8 cm³/mol. The van der Waals surface area contributed by atoms with Crippen LogP contribution in [0.1, 0.15) is 24.2 Å². The second-order valence-electron chi connectivity index (χ2n) is 4.90. The van der Waals surface area contributed by atoms with E-state index in [9.17, 15) is 4.79 Å². The Morgan fingerprint density at radius 3 is 2.65 bits per heavy atom. The number of pyridine rings is 1. The van der Waals surface area contributed by atoms with Gasteiger partial charge in [0.05, 0.1) is 30.2 Å². The number of amides is 1. The molecule has 0 aliphatic heterocycles. The number of anilines is 2. The molecule has 2 aromatic rings. The zero-order valence-corrected chi connectivity index (χ0v) is 14.2. The van der Waals surface area contributed by atoms with Crippen molar-refractivity contribution in [3.8, 4) is 5.75 Å². The lowest BCUT2D eigenvalue weighted by molar-refractivity contribution is 0.102. The van der Waals surface area contributed by atoms with Gasteiger partial charge in [-0.15, -0.1) is 0 Å². The van der Waals surface area contributed by atoms with Gasteiger partial charge >= 0.3 is 0 Å². The molecule has 0 atom stereocenters. The largest absolute Gasteiger partial charge is 0.495 e. The Hall–Kier alpha value is -2.27. The summed E-state index contributed by atoms with van der Waals surface area (Å²) >= 11 is 5.98. The number of benzene rings is 1. The number of carbonyl (C=O) groups excluding carboxylic acids is 1. The zero-order valence-electron chi connectivity index (χ0n) is 13.5. The first kappa shape index (κ1) is 17.1. The van der Waals surface area contributed by atoms with Crippen LogP contribution in [0.5, 0.6) is 5.75 Å². The maximum absolute atomic E-state index is 12.5. The summed E-state index contributed by atoms with van der Waals surface area (Å²) in [5.41, 5.74) is 1.93. The van der Waals surface area contributed by atoms with Crippen molar-refractivity contribution < 1.29 is 9.53 Å². The number of halogens is 1. The average molecular weight is 334 g/mol. The highest BCUT2D eigenvalue weighted by Gasteiger charge is 2.12. The van der Waals surface area contributed by atoms with E-state index in [1.807, 2.05) is 6.07 Å². The van der Waals surface area contributed by atoms with Crippen LogP contribution in [0, 0.1) is 0 Å². The maximum atomic E-state index is 12.5. The number of carbonyl (C=O) groups is 1. The van der Waals surface area contributed by atoms with Crippen molar-refractivity contribution in [1.82, 2.24) is 4.98 Å². The van der Waals surface area contributed by atoms with Crippen LogP contribution in [0.2, 0.25) is 5.02 Å². The average Bonchev–Trinajstić information content (AvgIpc) is 2.56. The molecule has 0 saturated heterocycles. The molecule has 5 nitrogen and oxygen atoms in total. The molecule has 0 aliphatic rings. The molecule has 2 rings (SSSR count). The summed E-state index contributed by atoms with van der Waals surface area (Å²) in [7, 11) is 1.54. The van der Waals surface area contributed by atoms with Gasteiger partial charge in [-0.05, 0) is 38.1 Å². The molecule has 0 bridgehead atoms. The van der Waals surface area contributed by atoms with E-state index in [-0.39, 0.29) is 5.91 Å². The van der Waals surface area contributed by atoms with E-state index in [2.05, 4.69) is 29.0 Å². The van der Waals surface area contributed by atoms with Gasteiger partial charge in [0.1, 0.15) is 5.75 Å². The standard InChI is InChI=1S/C17H20ClN3O2/c1-4-21(5-2)14-8-12(10-19-11-14)17(22)20-15-9-13(18)6-7-16(15)23-3/h6-11H,4-5H2,1-3H3,(H,20,22). The number of methoxy groups -OCH3 is 1. The minimum absolute atomic E-state index is 0.257. The molecule has 0 saturated carbocycles. The van der Waals surface area contributed by atoms with Gasteiger partial charge in [-0.1, -0.05) is 11.6 Å². The molecule has 6 heteroatoms. The van der Waals surface area contributed by atoms with Crippen LogP contribution in [0.3, 0.4) is 0 Å². The second kappa shape index (κ2) is 7.83. The van der Waals surface area contributed by atoms with Gasteiger partial charge in [-0.2, -0.15) is 0 Å². The molecule has 1 aromatic heterocycles. The first-order valence-electron chi connectivity index (χ1n) is 7.43. The van der Waals surface area contributed by atoms with Crippen LogP contribution in [0.25, 0.3) is 0 Å². The lowest BCUT2D eigenvalue weighted by Gasteiger charge is -2.21. The molecule has 0 aliphatic carbocycles. The van der Waals surface area contributed by atoms with E-state index in [0.717, 1.165) is 18.8 Å². The molecular weight excluding hydrogens is 314 g/mol. The van der Waals surface area contributed by atoms with Gasteiger partial charge in [0.2, 0.25) is 0 Å². The van der Waals surface area contributed by atoms with E-state index in [1.54, 1.807) is 37.7 Å². The smallest absolute Gasteiger partial charge is 0.257 e. The lowest BCUT2D eigenvalue weighted by atomic mass is 10.2. The van der Waals surface area contributed by atoms with Crippen molar-refractivity contribution in [2.75, 3.05) is 30.4 Å². The van der Waals surface area contributed by atoms with Crippen molar-refractivity contribution in [2.45, 2.75) is 13.8 Å². The molecule has 0 spiro atoms. The maximum Gasteiger partial charge on any atom is 0.257 e. The summed E-state index contributed by atoms with van der Waals surface area (Å²) in [5, 5.41) is 3.34. The van der Waals surface area contributed by atoms with Crippen molar-refractivity contribution >= 4 is 28.9 Å². The molecule has 0 unspecified atom stereocenters. The van der Waals surface area contributed by atoms with Crippen LogP contribution in [0.4, 0.5) is 11.4 Å². The Labute approximate surface area is 141 Å². The van der Waals surface area contributed by atoms with E-state index in [1.165, 1.54) is 0 Å². The van der Waals surface area contributed by atoms with Crippen LogP contribution in [0.15, 0.2) is 36.7 Å². The highest BCUT2D eigenvalue weighted by atomic mass is 35.5. The fourth-order valence-corrected chi connectivity index (χ4v) is 2.46. The Balaban J connectivity index is 2.24. The highest BCUT2D eigenvalue weighted by Crippen LogP contribution is 2.28. The Bertz CT molecular complexity index is 687. The van der Waals surface area contributed by atoms with Crippen molar-refractivity contribution in [3.05, 3.63) is 47.2 Å². The van der Waals surface area contributed by atoms with Crippen LogP contribution >= 0.6 is 11.6 Å². The van der Waals surface area contributed by atoms with Crippen molar-refractivity contribution in [1.29, 1.82) is 0 Å². The van der Waals surface area contributed by atoms with E-state index >= 15 is 0 Å². The molecule has 23 heavy (non-hydrogen) atoms. The summed E-state index contributed by atoms with van der Waals surface area (Å²) in [6.07, 6.45) is 3.29. The summed E-state index contributed by atoms with van der Waals surface area (Å²) in [5.74, 6) is 0.294. The molecule has 1 aromatic carbocycles. The van der Waals surface area contributed by atoms with Gasteiger partial charge in [0.25, 0.3) is 5.91 Å². The van der Waals surface area contributed by atoms with E-state index in [4.69, 9.17) is 16.3 Å². The van der Waals surface area contributed by atoms with Crippen LogP contribution < -0.4 is 15.0 Å². The van der Waals surface area contributed by atoms with Gasteiger partial charge in [-0.25, -0.2) is 0 Å². The molecular formula is C17H20ClN3O2. The van der Waals surface area contributed by atoms with Crippen LogP contribution in [-0.2, 0) is 0 Å². The molecule has 122 valence electrons. The predicted octanol–water partition coefficient (Wildman–Crippen LogP) is 3.84. The molecule has 1 heterocycles. The first-order chi connectivity index (χ1) is 11.1. The number of nitrogens with one attached hydrogen (secondary N) is 1. The number of aromatic nitrogens is 1. The van der Waals surface area contributed by atoms with Crippen molar-refractivity contribution in [3.63, 3.8) is 0 Å². The normalized spacial score (nSPS) is 10.3. The van der Waals surface area contributed by atoms with Crippen molar-refractivity contribution in [2.24, 2.45) is 0 Å². The second-order valence-corrected chi connectivity index (χ2v) is 5.34. The van der Waals surface area contributed by atoms with Gasteiger partial charge in [0.15, 0.2) is 0 Å². The number of hydrogen-bond donors (Lipinski definition) is 1. The Morgan fingerprint density at radius 2 is 2.00 bits per heavy atom. The van der Waals surface area contributed by atoms with E-state index < -0.39 is 0 Å². The zero-order chi connectivity index (χ0) is 16.8. The molecule has 1 N–H and O–H groups in total. The Kier molecular flexibility index (Phi) is 5.82. The number of ether oxygens (including phenoxy) is 1. The third-order valence-corrected chi connectivity index (χ3v) is 3.76. The van der Waals surface area contributed by atoms with Gasteiger partial charge in [-0.3, -0.25) is 9.78 Å². The molecule has 1 amide bonds. The van der Waals surface area contributed by atoms with Gasteiger partial charge in [0, 0.05) is 24.3 Å². The first-order valence-corrected chi connectivity index (χ1v) is 7.81. The van der Waals surface area contributed by atoms with E-state index in [0.29, 0.717) is 22.0 Å². The third-order valence-electron chi connectivity index (χ3n) is 3.52. The minimum atomic E-state index is -0.257. The van der Waals surface area contributed by atoms with Gasteiger partial charge < -0.3 is 15.0 Å². The molecule has 0 fully saturated rings. The quantitative estimate of drug-likeness (QED) is 0.872. The third kappa shape index (κ3) is 4.13. The summed E-state index contributed by atoms with van der Waals surface area (Å²) in [6, 6.07) is 6.90. The minimum Gasteiger partial charge on any atom is -0.495 e. The lowest BCUT2D eigenvalue weighted by Crippen LogP contribution is -2.22. The number of hydrogen-bond acceptors (Lipinski definition) is 4. The SMILES string of the molecule is CCN(CC)c1cncc(C(=O)Nc2cc(Cl)ccc2OC)c1. The fourth-order valence-electron chi connectivity index (χ4n) is 2.29.